The lowest BCUT2D eigenvalue weighted by Gasteiger charge is -2.17. The van der Waals surface area contributed by atoms with Crippen LogP contribution in [0, 0.1) is 0 Å². The molecule has 0 N–H and O–H groups in total. The Morgan fingerprint density at radius 1 is 1.00 bits per heavy atom. The summed E-state index contributed by atoms with van der Waals surface area (Å²) in [6.07, 6.45) is -5.54. The van der Waals surface area contributed by atoms with Gasteiger partial charge in [-0.1, -0.05) is 19.9 Å². The highest BCUT2D eigenvalue weighted by atomic mass is 19.4. The second-order valence-corrected chi connectivity index (χ2v) is 5.12. The minimum Gasteiger partial charge on any atom is -0.202 e. The number of hydrogen-bond donors (Lipinski definition) is 0. The minimum absolute atomic E-state index is 0.00747. The van der Waals surface area contributed by atoms with Crippen LogP contribution < -0.4 is 0 Å². The van der Waals surface area contributed by atoms with E-state index in [9.17, 15) is 22.0 Å². The van der Waals surface area contributed by atoms with E-state index in [1.165, 1.54) is 6.07 Å². The Labute approximate surface area is 109 Å². The Hall–Kier alpha value is -1.13. The highest BCUT2D eigenvalue weighted by Crippen LogP contribution is 2.32. The smallest absolute Gasteiger partial charge is 0.202 e. The number of halogens is 5. The maximum atomic E-state index is 13.3. The number of benzene rings is 1. The highest BCUT2D eigenvalue weighted by Gasteiger charge is 2.28. The van der Waals surface area contributed by atoms with Crippen molar-refractivity contribution in [1.29, 1.82) is 0 Å². The standard InChI is InChI=1S/C14H17F5/c1-9(2)11-6-10(4-5-14(17,18)19)7-12(8-11)13(3,15)16/h6-9H,4-5H2,1-3H3. The van der Waals surface area contributed by atoms with Gasteiger partial charge in [0.25, 0.3) is 5.92 Å². The quantitative estimate of drug-likeness (QED) is 0.646. The zero-order valence-corrected chi connectivity index (χ0v) is 11.1. The summed E-state index contributed by atoms with van der Waals surface area (Å²) in [5.74, 6) is -3.05. The molecule has 108 valence electrons. The van der Waals surface area contributed by atoms with Gasteiger partial charge in [0.2, 0.25) is 0 Å². The van der Waals surface area contributed by atoms with E-state index in [-0.39, 0.29) is 17.9 Å². The van der Waals surface area contributed by atoms with Crippen LogP contribution in [-0.4, -0.2) is 6.18 Å². The maximum Gasteiger partial charge on any atom is 0.389 e. The Kier molecular flexibility index (Phi) is 4.59. The topological polar surface area (TPSA) is 0 Å². The van der Waals surface area contributed by atoms with Gasteiger partial charge in [0.15, 0.2) is 0 Å². The van der Waals surface area contributed by atoms with Gasteiger partial charge in [-0.15, -0.1) is 0 Å². The molecule has 5 heteroatoms. The molecule has 0 unspecified atom stereocenters. The molecule has 0 bridgehead atoms. The van der Waals surface area contributed by atoms with Crippen LogP contribution in [-0.2, 0) is 12.3 Å². The van der Waals surface area contributed by atoms with Gasteiger partial charge in [0.1, 0.15) is 0 Å². The van der Waals surface area contributed by atoms with Crippen LogP contribution in [0.2, 0.25) is 0 Å². The molecule has 0 saturated carbocycles. The number of hydrogen-bond acceptors (Lipinski definition) is 0. The van der Waals surface area contributed by atoms with Crippen molar-refractivity contribution in [3.05, 3.63) is 34.9 Å². The Balaban J connectivity index is 3.07. The first-order chi connectivity index (χ1) is 8.49. The van der Waals surface area contributed by atoms with Crippen LogP contribution in [0.3, 0.4) is 0 Å². The molecule has 1 aromatic carbocycles. The third-order valence-electron chi connectivity index (χ3n) is 2.89. The molecule has 0 atom stereocenters. The second kappa shape index (κ2) is 5.47. The summed E-state index contributed by atoms with van der Waals surface area (Å²) in [4.78, 5) is 0. The van der Waals surface area contributed by atoms with Crippen molar-refractivity contribution >= 4 is 0 Å². The SMILES string of the molecule is CC(C)c1cc(CCC(F)(F)F)cc(C(C)(F)F)c1. The fourth-order valence-corrected chi connectivity index (χ4v) is 1.74. The summed E-state index contributed by atoms with van der Waals surface area (Å²) in [5, 5.41) is 0. The average molecular weight is 280 g/mol. The predicted molar refractivity (Wildman–Crippen MR) is 64.5 cm³/mol. The second-order valence-electron chi connectivity index (χ2n) is 5.12. The number of aryl methyl sites for hydroxylation is 1. The molecular weight excluding hydrogens is 263 g/mol. The van der Waals surface area contributed by atoms with Crippen molar-refractivity contribution < 1.29 is 22.0 Å². The van der Waals surface area contributed by atoms with Crippen LogP contribution in [0.4, 0.5) is 22.0 Å². The van der Waals surface area contributed by atoms with Gasteiger partial charge < -0.3 is 0 Å². The predicted octanol–water partition coefficient (Wildman–Crippen LogP) is 5.42. The first-order valence-corrected chi connectivity index (χ1v) is 6.08. The fourth-order valence-electron chi connectivity index (χ4n) is 1.74. The van der Waals surface area contributed by atoms with Gasteiger partial charge >= 0.3 is 6.18 Å². The lowest BCUT2D eigenvalue weighted by Crippen LogP contribution is -2.11. The van der Waals surface area contributed by atoms with E-state index in [2.05, 4.69) is 0 Å². The van der Waals surface area contributed by atoms with E-state index in [1.807, 2.05) is 13.8 Å². The zero-order valence-electron chi connectivity index (χ0n) is 11.1. The summed E-state index contributed by atoms with van der Waals surface area (Å²) >= 11 is 0. The summed E-state index contributed by atoms with van der Waals surface area (Å²) in [6.45, 7) is 4.39. The van der Waals surface area contributed by atoms with E-state index in [4.69, 9.17) is 0 Å². The molecule has 0 aliphatic heterocycles. The lowest BCUT2D eigenvalue weighted by molar-refractivity contribution is -0.134. The van der Waals surface area contributed by atoms with E-state index in [0.717, 1.165) is 13.0 Å². The number of rotatable bonds is 4. The molecule has 0 nitrogen and oxygen atoms in total. The van der Waals surface area contributed by atoms with Crippen LogP contribution in [0.25, 0.3) is 0 Å². The minimum atomic E-state index is -4.28. The summed E-state index contributed by atoms with van der Waals surface area (Å²) < 4.78 is 63.2. The fraction of sp³-hybridized carbons (Fsp3) is 0.571. The Morgan fingerprint density at radius 3 is 2.00 bits per heavy atom. The molecule has 1 rings (SSSR count). The molecular formula is C14H17F5. The maximum absolute atomic E-state index is 13.3. The van der Waals surface area contributed by atoms with Crippen molar-refractivity contribution in [3.8, 4) is 0 Å². The van der Waals surface area contributed by atoms with Crippen molar-refractivity contribution in [2.45, 2.75) is 51.6 Å². The van der Waals surface area contributed by atoms with Crippen molar-refractivity contribution in [2.24, 2.45) is 0 Å². The normalized spacial score (nSPS) is 13.1. The molecule has 0 aromatic heterocycles. The molecule has 0 aliphatic rings. The zero-order chi connectivity index (χ0) is 14.8. The Morgan fingerprint density at radius 2 is 1.58 bits per heavy atom. The monoisotopic (exact) mass is 280 g/mol. The van der Waals surface area contributed by atoms with E-state index in [1.54, 1.807) is 6.07 Å². The van der Waals surface area contributed by atoms with Crippen LogP contribution in [0.1, 0.15) is 49.8 Å². The van der Waals surface area contributed by atoms with E-state index >= 15 is 0 Å². The van der Waals surface area contributed by atoms with Gasteiger partial charge in [-0.05, 0) is 35.6 Å². The molecule has 0 spiro atoms. The summed E-state index contributed by atoms with van der Waals surface area (Å²) in [5.41, 5.74) is 0.715. The first-order valence-electron chi connectivity index (χ1n) is 6.08. The van der Waals surface area contributed by atoms with Gasteiger partial charge in [-0.3, -0.25) is 0 Å². The molecule has 0 radical (unpaired) electrons. The lowest BCUT2D eigenvalue weighted by atomic mass is 9.94. The largest absolute Gasteiger partial charge is 0.389 e. The van der Waals surface area contributed by atoms with Gasteiger partial charge in [0, 0.05) is 18.9 Å². The molecule has 0 saturated heterocycles. The van der Waals surface area contributed by atoms with Crippen LogP contribution in [0.5, 0.6) is 0 Å². The third-order valence-corrected chi connectivity index (χ3v) is 2.89. The van der Waals surface area contributed by atoms with E-state index < -0.39 is 18.5 Å². The molecule has 0 heterocycles. The van der Waals surface area contributed by atoms with Crippen molar-refractivity contribution in [1.82, 2.24) is 0 Å². The van der Waals surface area contributed by atoms with Crippen molar-refractivity contribution in [2.75, 3.05) is 0 Å². The summed E-state index contributed by atoms with van der Waals surface area (Å²) in [7, 11) is 0. The van der Waals surface area contributed by atoms with Gasteiger partial charge in [-0.25, -0.2) is 8.78 Å². The first kappa shape index (κ1) is 15.9. The molecule has 0 fully saturated rings. The number of alkyl halides is 5. The highest BCUT2D eigenvalue weighted by molar-refractivity contribution is 5.34. The Bertz CT molecular complexity index is 426. The van der Waals surface area contributed by atoms with Gasteiger partial charge in [-0.2, -0.15) is 13.2 Å². The molecule has 0 amide bonds. The molecule has 1 aromatic rings. The van der Waals surface area contributed by atoms with E-state index in [0.29, 0.717) is 11.1 Å². The van der Waals surface area contributed by atoms with Crippen molar-refractivity contribution in [3.63, 3.8) is 0 Å². The molecule has 0 aliphatic carbocycles. The van der Waals surface area contributed by atoms with Crippen LogP contribution in [0.15, 0.2) is 18.2 Å². The molecule has 19 heavy (non-hydrogen) atoms. The average Bonchev–Trinajstić information content (AvgIpc) is 2.23. The summed E-state index contributed by atoms with van der Waals surface area (Å²) in [6, 6.07) is 4.10. The third kappa shape index (κ3) is 5.17. The van der Waals surface area contributed by atoms with Gasteiger partial charge in [0.05, 0.1) is 0 Å². The van der Waals surface area contributed by atoms with Crippen LogP contribution >= 0.6 is 0 Å².